The number of alkyl halides is 2. The van der Waals surface area contributed by atoms with Gasteiger partial charge in [-0.1, -0.05) is 0 Å². The molecule has 0 aliphatic carbocycles. The van der Waals surface area contributed by atoms with Crippen LogP contribution >= 0.6 is 24.8 Å². The molecular formula is C11H21Cl2F2N3O2. The van der Waals surface area contributed by atoms with Crippen molar-refractivity contribution in [2.24, 2.45) is 0 Å². The summed E-state index contributed by atoms with van der Waals surface area (Å²) in [5.74, 6) is 0.0198. The third-order valence-electron chi connectivity index (χ3n) is 3.30. The Morgan fingerprint density at radius 2 is 1.90 bits per heavy atom. The van der Waals surface area contributed by atoms with Crippen molar-refractivity contribution in [3.8, 4) is 0 Å². The molecule has 5 nitrogen and oxygen atoms in total. The smallest absolute Gasteiger partial charge is 0.251 e. The van der Waals surface area contributed by atoms with Crippen LogP contribution in [-0.4, -0.2) is 80.7 Å². The minimum atomic E-state index is -2.30. The van der Waals surface area contributed by atoms with Crippen LogP contribution in [0.25, 0.3) is 0 Å². The Kier molecular flexibility index (Phi) is 9.58. The first kappa shape index (κ1) is 19.8. The molecule has 2 rings (SSSR count). The first-order valence-corrected chi connectivity index (χ1v) is 6.27. The molecule has 0 radical (unpaired) electrons. The quantitative estimate of drug-likeness (QED) is 0.801. The van der Waals surface area contributed by atoms with Gasteiger partial charge in [-0.15, -0.1) is 24.8 Å². The Bertz CT molecular complexity index is 287. The molecule has 0 aromatic rings. The zero-order chi connectivity index (χ0) is 13.0. The van der Waals surface area contributed by atoms with Crippen molar-refractivity contribution in [3.63, 3.8) is 0 Å². The minimum absolute atomic E-state index is 0. The number of nitrogens with one attached hydrogen (secondary N) is 1. The number of carbonyl (C=O) groups excluding carboxylic acids is 1. The van der Waals surface area contributed by atoms with E-state index in [-0.39, 0.29) is 43.3 Å². The average Bonchev–Trinajstić information content (AvgIpc) is 2.39. The molecule has 0 aromatic heterocycles. The first-order chi connectivity index (χ1) is 8.66. The van der Waals surface area contributed by atoms with E-state index in [0.717, 1.165) is 0 Å². The lowest BCUT2D eigenvalue weighted by molar-refractivity contribution is -0.138. The highest BCUT2D eigenvalue weighted by atomic mass is 35.5. The van der Waals surface area contributed by atoms with Gasteiger partial charge in [-0.2, -0.15) is 0 Å². The molecule has 0 saturated carbocycles. The lowest BCUT2D eigenvalue weighted by Crippen LogP contribution is -2.57. The van der Waals surface area contributed by atoms with Crippen molar-refractivity contribution in [2.45, 2.75) is 12.5 Å². The number of hydrogen-bond acceptors (Lipinski definition) is 4. The number of amides is 1. The zero-order valence-electron chi connectivity index (χ0n) is 11.1. The monoisotopic (exact) mass is 335 g/mol. The fourth-order valence-electron chi connectivity index (χ4n) is 2.29. The number of morpholine rings is 1. The third-order valence-corrected chi connectivity index (χ3v) is 3.30. The summed E-state index contributed by atoms with van der Waals surface area (Å²) in [6.07, 6.45) is -2.30. The molecule has 0 aromatic carbocycles. The molecule has 1 N–H and O–H groups in total. The van der Waals surface area contributed by atoms with Gasteiger partial charge in [0.2, 0.25) is 5.91 Å². The van der Waals surface area contributed by atoms with E-state index in [1.54, 1.807) is 9.80 Å². The van der Waals surface area contributed by atoms with Crippen molar-refractivity contribution in [1.82, 2.24) is 15.1 Å². The van der Waals surface area contributed by atoms with Crippen molar-refractivity contribution < 1.29 is 18.3 Å². The molecule has 0 spiro atoms. The van der Waals surface area contributed by atoms with Gasteiger partial charge in [0, 0.05) is 32.7 Å². The number of nitrogens with zero attached hydrogens (tertiary/aromatic N) is 2. The molecule has 120 valence electrons. The Hall–Kier alpha value is -0.210. The lowest BCUT2D eigenvalue weighted by Gasteiger charge is -2.37. The van der Waals surface area contributed by atoms with Crippen LogP contribution in [0.2, 0.25) is 0 Å². The van der Waals surface area contributed by atoms with Crippen LogP contribution in [-0.2, 0) is 9.53 Å². The van der Waals surface area contributed by atoms with Crippen LogP contribution in [0, 0.1) is 0 Å². The molecule has 20 heavy (non-hydrogen) atoms. The summed E-state index contributed by atoms with van der Waals surface area (Å²) in [4.78, 5) is 15.5. The van der Waals surface area contributed by atoms with Crippen LogP contribution in [0.4, 0.5) is 8.78 Å². The van der Waals surface area contributed by atoms with Crippen molar-refractivity contribution in [3.05, 3.63) is 0 Å². The van der Waals surface area contributed by atoms with Gasteiger partial charge >= 0.3 is 0 Å². The molecule has 1 amide bonds. The Labute approximate surface area is 129 Å². The van der Waals surface area contributed by atoms with E-state index in [9.17, 15) is 13.6 Å². The van der Waals surface area contributed by atoms with Crippen LogP contribution in [0.1, 0.15) is 0 Å². The van der Waals surface area contributed by atoms with E-state index in [1.807, 2.05) is 0 Å². The van der Waals surface area contributed by atoms with Gasteiger partial charge in [0.15, 0.2) is 0 Å². The number of ether oxygens (including phenoxy) is 1. The predicted molar refractivity (Wildman–Crippen MR) is 76.1 cm³/mol. The van der Waals surface area contributed by atoms with Gasteiger partial charge in [0.25, 0.3) is 6.43 Å². The Balaban J connectivity index is 0.00000180. The maximum atomic E-state index is 12.2. The lowest BCUT2D eigenvalue weighted by atomic mass is 10.2. The average molecular weight is 336 g/mol. The maximum Gasteiger partial charge on any atom is 0.251 e. The summed E-state index contributed by atoms with van der Waals surface area (Å²) in [6.45, 7) is 3.58. The molecular weight excluding hydrogens is 315 g/mol. The van der Waals surface area contributed by atoms with Gasteiger partial charge in [-0.25, -0.2) is 8.78 Å². The second-order valence-electron chi connectivity index (χ2n) is 4.60. The fourth-order valence-corrected chi connectivity index (χ4v) is 2.29. The van der Waals surface area contributed by atoms with Crippen LogP contribution in [0.3, 0.4) is 0 Å². The summed E-state index contributed by atoms with van der Waals surface area (Å²) in [5.41, 5.74) is 0. The molecule has 2 aliphatic rings. The third kappa shape index (κ3) is 5.65. The molecule has 2 heterocycles. The summed E-state index contributed by atoms with van der Waals surface area (Å²) >= 11 is 0. The van der Waals surface area contributed by atoms with Gasteiger partial charge in [-0.05, 0) is 0 Å². The number of rotatable bonds is 3. The van der Waals surface area contributed by atoms with Gasteiger partial charge in [0.05, 0.1) is 19.8 Å². The van der Waals surface area contributed by atoms with Crippen molar-refractivity contribution in [2.75, 3.05) is 52.5 Å². The molecule has 0 bridgehead atoms. The summed E-state index contributed by atoms with van der Waals surface area (Å²) < 4.78 is 29.7. The second kappa shape index (κ2) is 9.68. The normalized spacial score (nSPS) is 23.9. The highest BCUT2D eigenvalue weighted by molar-refractivity contribution is 5.85. The SMILES string of the molecule is Cl.Cl.O=C(C1COCCN1)N1CCN(CC(F)F)CC1. The number of carbonyl (C=O) groups is 1. The van der Waals surface area contributed by atoms with Crippen LogP contribution in [0.5, 0.6) is 0 Å². The molecule has 1 atom stereocenters. The topological polar surface area (TPSA) is 44.8 Å². The molecule has 9 heteroatoms. The fraction of sp³-hybridized carbons (Fsp3) is 0.909. The van der Waals surface area contributed by atoms with E-state index in [0.29, 0.717) is 45.9 Å². The number of piperazine rings is 1. The Morgan fingerprint density at radius 1 is 1.25 bits per heavy atom. The van der Waals surface area contributed by atoms with E-state index < -0.39 is 6.43 Å². The van der Waals surface area contributed by atoms with Gasteiger partial charge in [0.1, 0.15) is 6.04 Å². The molecule has 2 saturated heterocycles. The van der Waals surface area contributed by atoms with E-state index in [4.69, 9.17) is 4.74 Å². The zero-order valence-corrected chi connectivity index (χ0v) is 12.7. The van der Waals surface area contributed by atoms with E-state index >= 15 is 0 Å². The van der Waals surface area contributed by atoms with Gasteiger partial charge < -0.3 is 15.0 Å². The minimum Gasteiger partial charge on any atom is -0.378 e. The van der Waals surface area contributed by atoms with Crippen molar-refractivity contribution in [1.29, 1.82) is 0 Å². The van der Waals surface area contributed by atoms with Crippen LogP contribution < -0.4 is 5.32 Å². The highest BCUT2D eigenvalue weighted by Gasteiger charge is 2.29. The largest absolute Gasteiger partial charge is 0.378 e. The van der Waals surface area contributed by atoms with Crippen LogP contribution in [0.15, 0.2) is 0 Å². The van der Waals surface area contributed by atoms with E-state index in [2.05, 4.69) is 5.32 Å². The standard InChI is InChI=1S/C11H19F2N3O2.2ClH/c12-10(13)7-15-2-4-16(5-3-15)11(17)9-8-18-6-1-14-9;;/h9-10,14H,1-8H2;2*1H. The molecule has 1 unspecified atom stereocenters. The summed E-state index contributed by atoms with van der Waals surface area (Å²) in [5, 5.41) is 3.11. The summed E-state index contributed by atoms with van der Waals surface area (Å²) in [7, 11) is 0. The van der Waals surface area contributed by atoms with Crippen molar-refractivity contribution >= 4 is 30.7 Å². The molecule has 2 fully saturated rings. The van der Waals surface area contributed by atoms with E-state index in [1.165, 1.54) is 0 Å². The predicted octanol–water partition coefficient (Wildman–Crippen LogP) is 0.228. The highest BCUT2D eigenvalue weighted by Crippen LogP contribution is 2.07. The Morgan fingerprint density at radius 3 is 2.40 bits per heavy atom. The summed E-state index contributed by atoms with van der Waals surface area (Å²) in [6, 6.07) is -0.277. The number of halogens is 4. The van der Waals surface area contributed by atoms with Gasteiger partial charge in [-0.3, -0.25) is 9.69 Å². The molecule has 2 aliphatic heterocycles. The number of hydrogen-bond donors (Lipinski definition) is 1. The maximum absolute atomic E-state index is 12.2. The second-order valence-corrected chi connectivity index (χ2v) is 4.60. The first-order valence-electron chi connectivity index (χ1n) is 6.27.